The molecule has 0 bridgehead atoms. The minimum Gasteiger partial charge on any atom is -0.478 e. The summed E-state index contributed by atoms with van der Waals surface area (Å²) in [6.07, 6.45) is 2.21. The highest BCUT2D eigenvalue weighted by molar-refractivity contribution is 5.89. The lowest BCUT2D eigenvalue weighted by Crippen LogP contribution is -2.25. The van der Waals surface area contributed by atoms with E-state index in [0.717, 1.165) is 38.3 Å². The fourth-order valence-electron chi connectivity index (χ4n) is 2.35. The lowest BCUT2D eigenvalue weighted by atomic mass is 10.1. The first-order valence-electron chi connectivity index (χ1n) is 7.67. The van der Waals surface area contributed by atoms with Crippen LogP contribution in [0.25, 0.3) is 0 Å². The third kappa shape index (κ3) is 5.71. The van der Waals surface area contributed by atoms with Crippen molar-refractivity contribution in [3.8, 4) is 0 Å². The zero-order chi connectivity index (χ0) is 15.8. The molecule has 0 saturated heterocycles. The first-order valence-corrected chi connectivity index (χ1v) is 7.67. The molecule has 5 heteroatoms. The van der Waals surface area contributed by atoms with Gasteiger partial charge in [0.05, 0.1) is 11.3 Å². The fraction of sp³-hybridized carbons (Fsp3) is 0.625. The van der Waals surface area contributed by atoms with Gasteiger partial charge in [0.15, 0.2) is 0 Å². The van der Waals surface area contributed by atoms with Gasteiger partial charge in [-0.3, -0.25) is 0 Å². The Hall–Kier alpha value is -1.62. The van der Waals surface area contributed by atoms with E-state index in [2.05, 4.69) is 36.0 Å². The maximum Gasteiger partial charge on any atom is 0.337 e. The van der Waals surface area contributed by atoms with E-state index < -0.39 is 5.97 Å². The van der Waals surface area contributed by atoms with Crippen LogP contribution in [0.15, 0.2) is 12.1 Å². The minimum atomic E-state index is -0.932. The van der Waals surface area contributed by atoms with Crippen LogP contribution in [-0.2, 0) is 0 Å². The first-order chi connectivity index (χ1) is 9.97. The topological polar surface area (TPSA) is 65.5 Å². The number of aromatic carboxylic acids is 1. The minimum absolute atomic E-state index is 0.259. The number of aromatic nitrogens is 1. The third-order valence-corrected chi connectivity index (χ3v) is 3.72. The Balaban J connectivity index is 2.46. The van der Waals surface area contributed by atoms with Crippen molar-refractivity contribution in [2.75, 3.05) is 25.0 Å². The molecule has 1 atom stereocenters. The van der Waals surface area contributed by atoms with E-state index in [0.29, 0.717) is 11.7 Å². The van der Waals surface area contributed by atoms with Gasteiger partial charge in [0.25, 0.3) is 0 Å². The quantitative estimate of drug-likeness (QED) is 0.732. The molecular weight excluding hydrogens is 266 g/mol. The van der Waals surface area contributed by atoms with E-state index in [1.165, 1.54) is 0 Å². The first kappa shape index (κ1) is 17.4. The van der Waals surface area contributed by atoms with Crippen LogP contribution in [0.2, 0.25) is 0 Å². The second-order valence-electron chi connectivity index (χ2n) is 5.35. The molecular formula is C16H27N3O2. The van der Waals surface area contributed by atoms with Gasteiger partial charge in [-0.25, -0.2) is 9.78 Å². The van der Waals surface area contributed by atoms with E-state index >= 15 is 0 Å². The Bertz CT molecular complexity index is 459. The predicted molar refractivity (Wildman–Crippen MR) is 86.0 cm³/mol. The molecule has 0 aromatic carbocycles. The van der Waals surface area contributed by atoms with Crippen molar-refractivity contribution >= 4 is 11.8 Å². The SMILES string of the molecule is CCN(CC)CCCC(C)Nc1ccc(C(=O)O)c(C)n1. The monoisotopic (exact) mass is 293 g/mol. The molecule has 1 rings (SSSR count). The molecule has 0 aliphatic heterocycles. The summed E-state index contributed by atoms with van der Waals surface area (Å²) >= 11 is 0. The number of aryl methyl sites for hydroxylation is 1. The van der Waals surface area contributed by atoms with Crippen LogP contribution in [0.3, 0.4) is 0 Å². The van der Waals surface area contributed by atoms with Crippen molar-refractivity contribution in [1.82, 2.24) is 9.88 Å². The third-order valence-electron chi connectivity index (χ3n) is 3.72. The van der Waals surface area contributed by atoms with Gasteiger partial charge in [0, 0.05) is 6.04 Å². The van der Waals surface area contributed by atoms with Crippen LogP contribution in [0.4, 0.5) is 5.82 Å². The number of carboxylic acid groups (broad SMARTS) is 1. The number of pyridine rings is 1. The molecule has 1 aromatic heterocycles. The number of carboxylic acids is 1. The number of nitrogens with zero attached hydrogens (tertiary/aromatic N) is 2. The summed E-state index contributed by atoms with van der Waals surface area (Å²) in [5, 5.41) is 12.3. The van der Waals surface area contributed by atoms with Crippen LogP contribution in [0.5, 0.6) is 0 Å². The zero-order valence-corrected chi connectivity index (χ0v) is 13.5. The summed E-state index contributed by atoms with van der Waals surface area (Å²) in [5.41, 5.74) is 0.803. The Kier molecular flexibility index (Phi) is 7.15. The van der Waals surface area contributed by atoms with Gasteiger partial charge in [-0.2, -0.15) is 0 Å². The Morgan fingerprint density at radius 3 is 2.57 bits per heavy atom. The van der Waals surface area contributed by atoms with E-state index in [1.807, 2.05) is 0 Å². The lowest BCUT2D eigenvalue weighted by Gasteiger charge is -2.20. The average Bonchev–Trinajstić information content (AvgIpc) is 2.43. The highest BCUT2D eigenvalue weighted by Gasteiger charge is 2.10. The standard InChI is InChI=1S/C16H27N3O2/c1-5-19(6-2)11-7-8-12(3)17-15-10-9-14(16(20)21)13(4)18-15/h9-10,12H,5-8,11H2,1-4H3,(H,17,18)(H,20,21). The van der Waals surface area contributed by atoms with Crippen LogP contribution >= 0.6 is 0 Å². The van der Waals surface area contributed by atoms with Crippen molar-refractivity contribution in [3.63, 3.8) is 0 Å². The summed E-state index contributed by atoms with van der Waals surface area (Å²) in [5.74, 6) is -0.188. The lowest BCUT2D eigenvalue weighted by molar-refractivity contribution is 0.0695. The van der Waals surface area contributed by atoms with E-state index in [1.54, 1.807) is 19.1 Å². The van der Waals surface area contributed by atoms with Gasteiger partial charge in [-0.15, -0.1) is 0 Å². The maximum absolute atomic E-state index is 11.0. The van der Waals surface area contributed by atoms with Crippen molar-refractivity contribution in [2.45, 2.75) is 46.6 Å². The predicted octanol–water partition coefficient (Wildman–Crippen LogP) is 3.01. The Morgan fingerprint density at radius 1 is 1.38 bits per heavy atom. The molecule has 0 saturated carbocycles. The molecule has 0 aliphatic rings. The zero-order valence-electron chi connectivity index (χ0n) is 13.5. The summed E-state index contributed by atoms with van der Waals surface area (Å²) in [6.45, 7) is 11.5. The maximum atomic E-state index is 11.0. The summed E-state index contributed by atoms with van der Waals surface area (Å²) in [7, 11) is 0. The Morgan fingerprint density at radius 2 is 2.05 bits per heavy atom. The normalized spacial score (nSPS) is 12.4. The fourth-order valence-corrected chi connectivity index (χ4v) is 2.35. The number of rotatable bonds is 9. The largest absolute Gasteiger partial charge is 0.478 e. The second kappa shape index (κ2) is 8.62. The highest BCUT2D eigenvalue weighted by atomic mass is 16.4. The van der Waals surface area contributed by atoms with Gasteiger partial charge in [-0.05, 0) is 58.5 Å². The summed E-state index contributed by atoms with van der Waals surface area (Å²) in [4.78, 5) is 17.7. The molecule has 0 aliphatic carbocycles. The average molecular weight is 293 g/mol. The van der Waals surface area contributed by atoms with Crippen LogP contribution < -0.4 is 5.32 Å². The molecule has 118 valence electrons. The van der Waals surface area contributed by atoms with E-state index in [-0.39, 0.29) is 5.56 Å². The molecule has 1 aromatic rings. The molecule has 0 radical (unpaired) electrons. The molecule has 5 nitrogen and oxygen atoms in total. The van der Waals surface area contributed by atoms with Gasteiger partial charge in [0.1, 0.15) is 5.82 Å². The molecule has 21 heavy (non-hydrogen) atoms. The van der Waals surface area contributed by atoms with Gasteiger partial charge < -0.3 is 15.3 Å². The van der Waals surface area contributed by atoms with Gasteiger partial charge >= 0.3 is 5.97 Å². The Labute approximate surface area is 127 Å². The summed E-state index contributed by atoms with van der Waals surface area (Å²) in [6, 6.07) is 3.66. The molecule has 0 amide bonds. The van der Waals surface area contributed by atoms with Crippen LogP contribution in [0.1, 0.15) is 49.7 Å². The van der Waals surface area contributed by atoms with Crippen molar-refractivity contribution in [1.29, 1.82) is 0 Å². The van der Waals surface area contributed by atoms with Gasteiger partial charge in [0.2, 0.25) is 0 Å². The van der Waals surface area contributed by atoms with Crippen molar-refractivity contribution in [3.05, 3.63) is 23.4 Å². The molecule has 0 spiro atoms. The molecule has 0 fully saturated rings. The van der Waals surface area contributed by atoms with Crippen LogP contribution in [-0.4, -0.2) is 46.6 Å². The number of anilines is 1. The number of hydrogen-bond acceptors (Lipinski definition) is 4. The highest BCUT2D eigenvalue weighted by Crippen LogP contribution is 2.13. The number of hydrogen-bond donors (Lipinski definition) is 2. The molecule has 1 unspecified atom stereocenters. The van der Waals surface area contributed by atoms with Gasteiger partial charge in [-0.1, -0.05) is 13.8 Å². The summed E-state index contributed by atoms with van der Waals surface area (Å²) < 4.78 is 0. The number of nitrogens with one attached hydrogen (secondary N) is 1. The van der Waals surface area contributed by atoms with Crippen LogP contribution in [0, 0.1) is 6.92 Å². The number of carbonyl (C=O) groups is 1. The molecule has 1 heterocycles. The second-order valence-corrected chi connectivity index (χ2v) is 5.35. The van der Waals surface area contributed by atoms with E-state index in [4.69, 9.17) is 5.11 Å². The van der Waals surface area contributed by atoms with Crippen molar-refractivity contribution < 1.29 is 9.90 Å². The smallest absolute Gasteiger partial charge is 0.337 e. The van der Waals surface area contributed by atoms with Crippen molar-refractivity contribution in [2.24, 2.45) is 0 Å². The molecule has 2 N–H and O–H groups in total. The van der Waals surface area contributed by atoms with E-state index in [9.17, 15) is 4.79 Å².